The Morgan fingerprint density at radius 1 is 1.24 bits per heavy atom. The Morgan fingerprint density at radius 2 is 1.81 bits per heavy atom. The standard InChI is InChI=1S/C10H7ClF2N4O3S/c11-4-5(12)6(13)7(14)9(21(18,19)20)8(4)17-10-15-2-1-3-16-10/h1-3H,14H2,(H,15,16,17)(H,18,19,20). The van der Waals surface area contributed by atoms with E-state index in [0.29, 0.717) is 0 Å². The molecule has 0 unspecified atom stereocenters. The minimum Gasteiger partial charge on any atom is -0.395 e. The molecule has 0 aliphatic carbocycles. The molecule has 1 aromatic carbocycles. The van der Waals surface area contributed by atoms with E-state index in [0.717, 1.165) is 0 Å². The first-order valence-electron chi connectivity index (χ1n) is 5.21. The molecule has 112 valence electrons. The lowest BCUT2D eigenvalue weighted by Crippen LogP contribution is -2.12. The number of hydrogen-bond donors (Lipinski definition) is 3. The van der Waals surface area contributed by atoms with Gasteiger partial charge in [0.15, 0.2) is 11.6 Å². The van der Waals surface area contributed by atoms with E-state index >= 15 is 0 Å². The molecule has 0 spiro atoms. The van der Waals surface area contributed by atoms with Crippen molar-refractivity contribution < 1.29 is 21.8 Å². The maximum absolute atomic E-state index is 13.6. The molecule has 0 fully saturated rings. The fraction of sp³-hybridized carbons (Fsp3) is 0. The molecule has 0 bridgehead atoms. The normalized spacial score (nSPS) is 11.4. The first-order valence-corrected chi connectivity index (χ1v) is 7.02. The van der Waals surface area contributed by atoms with Crippen molar-refractivity contribution in [3.8, 4) is 0 Å². The molecular weight excluding hydrogens is 330 g/mol. The molecule has 7 nitrogen and oxygen atoms in total. The van der Waals surface area contributed by atoms with Gasteiger partial charge in [0, 0.05) is 12.4 Å². The van der Waals surface area contributed by atoms with Crippen molar-refractivity contribution in [2.75, 3.05) is 11.1 Å². The maximum Gasteiger partial charge on any atom is 0.298 e. The predicted octanol–water partition coefficient (Wildman–Crippen LogP) is 1.98. The van der Waals surface area contributed by atoms with Crippen LogP contribution in [0.15, 0.2) is 23.4 Å². The zero-order valence-corrected chi connectivity index (χ0v) is 11.6. The molecule has 11 heteroatoms. The number of nitrogens with zero attached hydrogens (tertiary/aromatic N) is 2. The number of nitrogens with two attached hydrogens (primary N) is 1. The number of aromatic nitrogens is 2. The summed E-state index contributed by atoms with van der Waals surface area (Å²) in [6.07, 6.45) is 2.61. The average molecular weight is 337 g/mol. The quantitative estimate of drug-likeness (QED) is 0.445. The van der Waals surface area contributed by atoms with Gasteiger partial charge in [0.05, 0.1) is 11.4 Å². The molecule has 2 rings (SSSR count). The minimum atomic E-state index is -4.98. The summed E-state index contributed by atoms with van der Waals surface area (Å²) in [5, 5.41) is 1.36. The zero-order valence-electron chi connectivity index (χ0n) is 10.0. The van der Waals surface area contributed by atoms with Crippen molar-refractivity contribution in [1.29, 1.82) is 0 Å². The summed E-state index contributed by atoms with van der Waals surface area (Å²) < 4.78 is 58.8. The summed E-state index contributed by atoms with van der Waals surface area (Å²) in [6, 6.07) is 1.47. The average Bonchev–Trinajstić information content (AvgIpc) is 2.42. The van der Waals surface area contributed by atoms with Crippen LogP contribution in [0.4, 0.5) is 26.1 Å². The van der Waals surface area contributed by atoms with Crippen LogP contribution in [0.3, 0.4) is 0 Å². The van der Waals surface area contributed by atoms with Crippen LogP contribution >= 0.6 is 11.6 Å². The number of hydrogen-bond acceptors (Lipinski definition) is 6. The van der Waals surface area contributed by atoms with Crippen molar-refractivity contribution in [2.45, 2.75) is 4.90 Å². The van der Waals surface area contributed by atoms with Crippen molar-refractivity contribution >= 4 is 39.0 Å². The number of nitrogen functional groups attached to an aromatic ring is 1. The molecule has 1 heterocycles. The van der Waals surface area contributed by atoms with E-state index in [1.807, 2.05) is 0 Å². The smallest absolute Gasteiger partial charge is 0.298 e. The van der Waals surface area contributed by atoms with E-state index in [1.165, 1.54) is 18.5 Å². The number of rotatable bonds is 3. The van der Waals surface area contributed by atoms with Gasteiger partial charge in [0.2, 0.25) is 5.95 Å². The molecule has 21 heavy (non-hydrogen) atoms. The first-order chi connectivity index (χ1) is 9.73. The minimum absolute atomic E-state index is 0.158. The van der Waals surface area contributed by atoms with Crippen LogP contribution in [0.5, 0.6) is 0 Å². The van der Waals surface area contributed by atoms with E-state index < -0.39 is 43.0 Å². The van der Waals surface area contributed by atoms with Crippen LogP contribution in [0.1, 0.15) is 0 Å². The molecule has 0 saturated carbocycles. The van der Waals surface area contributed by atoms with E-state index in [9.17, 15) is 17.2 Å². The fourth-order valence-electron chi connectivity index (χ4n) is 1.51. The van der Waals surface area contributed by atoms with Gasteiger partial charge in [-0.25, -0.2) is 18.7 Å². The Balaban J connectivity index is 2.75. The molecule has 0 aliphatic heterocycles. The van der Waals surface area contributed by atoms with Gasteiger partial charge in [-0.05, 0) is 6.07 Å². The summed E-state index contributed by atoms with van der Waals surface area (Å²) in [7, 11) is -4.98. The van der Waals surface area contributed by atoms with Crippen LogP contribution in [0, 0.1) is 11.6 Å². The molecule has 0 radical (unpaired) electrons. The summed E-state index contributed by atoms with van der Waals surface area (Å²) in [5.41, 5.74) is 3.42. The highest BCUT2D eigenvalue weighted by Gasteiger charge is 2.29. The lowest BCUT2D eigenvalue weighted by molar-refractivity contribution is 0.479. The second kappa shape index (κ2) is 5.39. The molecule has 1 aromatic heterocycles. The van der Waals surface area contributed by atoms with Gasteiger partial charge in [-0.2, -0.15) is 8.42 Å². The van der Waals surface area contributed by atoms with Gasteiger partial charge in [-0.15, -0.1) is 0 Å². The summed E-state index contributed by atoms with van der Waals surface area (Å²) in [6.45, 7) is 0. The van der Waals surface area contributed by atoms with Gasteiger partial charge in [-0.3, -0.25) is 4.55 Å². The molecule has 0 amide bonds. The first kappa shape index (κ1) is 15.4. The topological polar surface area (TPSA) is 118 Å². The Hall–Kier alpha value is -2.04. The lowest BCUT2D eigenvalue weighted by Gasteiger charge is -2.14. The second-order valence-corrected chi connectivity index (χ2v) is 5.47. The predicted molar refractivity (Wildman–Crippen MR) is 70.9 cm³/mol. The molecule has 0 saturated heterocycles. The number of nitrogens with one attached hydrogen (secondary N) is 1. The largest absolute Gasteiger partial charge is 0.395 e. The van der Waals surface area contributed by atoms with Gasteiger partial charge < -0.3 is 11.1 Å². The van der Waals surface area contributed by atoms with Gasteiger partial charge in [0.25, 0.3) is 10.1 Å². The molecular formula is C10H7ClF2N4O3S. The molecule has 0 aliphatic rings. The molecule has 0 atom stereocenters. The van der Waals surface area contributed by atoms with Crippen molar-refractivity contribution in [3.63, 3.8) is 0 Å². The van der Waals surface area contributed by atoms with Crippen LogP contribution in [0.25, 0.3) is 0 Å². The maximum atomic E-state index is 13.6. The van der Waals surface area contributed by atoms with Crippen LogP contribution in [0.2, 0.25) is 5.02 Å². The third-order valence-corrected chi connectivity index (χ3v) is 3.67. The van der Waals surface area contributed by atoms with Crippen LogP contribution in [-0.2, 0) is 10.1 Å². The number of anilines is 3. The fourth-order valence-corrected chi connectivity index (χ4v) is 2.57. The van der Waals surface area contributed by atoms with Crippen molar-refractivity contribution in [2.24, 2.45) is 0 Å². The van der Waals surface area contributed by atoms with E-state index in [4.69, 9.17) is 21.9 Å². The SMILES string of the molecule is Nc1c(F)c(F)c(Cl)c(Nc2ncccn2)c1S(=O)(=O)O. The summed E-state index contributed by atoms with van der Waals surface area (Å²) in [4.78, 5) is 6.31. The van der Waals surface area contributed by atoms with Crippen LogP contribution < -0.4 is 11.1 Å². The second-order valence-electron chi connectivity index (χ2n) is 3.73. The Bertz CT molecular complexity index is 802. The van der Waals surface area contributed by atoms with Gasteiger partial charge in [-0.1, -0.05) is 11.6 Å². The van der Waals surface area contributed by atoms with Crippen LogP contribution in [-0.4, -0.2) is 22.9 Å². The van der Waals surface area contributed by atoms with Gasteiger partial charge >= 0.3 is 0 Å². The van der Waals surface area contributed by atoms with Gasteiger partial charge in [0.1, 0.15) is 9.92 Å². The monoisotopic (exact) mass is 336 g/mol. The van der Waals surface area contributed by atoms with E-state index in [1.54, 1.807) is 0 Å². The van der Waals surface area contributed by atoms with Crippen molar-refractivity contribution in [1.82, 2.24) is 9.97 Å². The molecule has 2 aromatic rings. The zero-order chi connectivity index (χ0) is 15.8. The van der Waals surface area contributed by atoms with Crippen molar-refractivity contribution in [3.05, 3.63) is 35.1 Å². The Kier molecular flexibility index (Phi) is 3.94. The highest BCUT2D eigenvalue weighted by Crippen LogP contribution is 2.39. The number of halogens is 3. The summed E-state index contributed by atoms with van der Waals surface area (Å²) in [5.74, 6) is -3.41. The highest BCUT2D eigenvalue weighted by molar-refractivity contribution is 7.86. The highest BCUT2D eigenvalue weighted by atomic mass is 35.5. The Labute approximate surface area is 122 Å². The molecule has 4 N–H and O–H groups in total. The third kappa shape index (κ3) is 2.86. The van der Waals surface area contributed by atoms with E-state index in [-0.39, 0.29) is 5.95 Å². The Morgan fingerprint density at radius 3 is 2.33 bits per heavy atom. The van der Waals surface area contributed by atoms with E-state index in [2.05, 4.69) is 15.3 Å². The third-order valence-electron chi connectivity index (χ3n) is 2.37. The number of benzene rings is 1. The summed E-state index contributed by atoms with van der Waals surface area (Å²) >= 11 is 5.57. The lowest BCUT2D eigenvalue weighted by atomic mass is 10.2.